The Labute approximate surface area is 183 Å². The van der Waals surface area contributed by atoms with Gasteiger partial charge >= 0.3 is 5.97 Å². The first-order chi connectivity index (χ1) is 14.7. The van der Waals surface area contributed by atoms with Crippen LogP contribution in [0.3, 0.4) is 0 Å². The largest absolute Gasteiger partial charge is 0.466 e. The number of esters is 1. The number of carbonyl (C=O) groups is 3. The van der Waals surface area contributed by atoms with Gasteiger partial charge in [-0.3, -0.25) is 19.1 Å². The third-order valence-electron chi connectivity index (χ3n) is 5.04. The first-order valence-electron chi connectivity index (χ1n) is 10.5. The molecule has 1 fully saturated rings. The Kier molecular flexibility index (Phi) is 8.85. The van der Waals surface area contributed by atoms with E-state index < -0.39 is 10.0 Å². The summed E-state index contributed by atoms with van der Waals surface area (Å²) in [5, 5.41) is 0. The lowest BCUT2D eigenvalue weighted by molar-refractivity contribution is -0.151. The van der Waals surface area contributed by atoms with Crippen LogP contribution in [0.5, 0.6) is 0 Å². The molecular weight excluding hydrogens is 422 g/mol. The lowest BCUT2D eigenvalue weighted by Gasteiger charge is -2.32. The number of rotatable bonds is 9. The van der Waals surface area contributed by atoms with Gasteiger partial charge in [0.05, 0.1) is 24.8 Å². The molecule has 31 heavy (non-hydrogen) atoms. The van der Waals surface area contributed by atoms with Crippen LogP contribution in [0.1, 0.15) is 43.5 Å². The Hall–Kier alpha value is -2.62. The van der Waals surface area contributed by atoms with Crippen molar-refractivity contribution in [2.24, 2.45) is 5.92 Å². The maximum absolute atomic E-state index is 12.7. The molecular formula is C21H31N3O6S. The summed E-state index contributed by atoms with van der Waals surface area (Å²) in [6, 6.07) is 6.20. The molecule has 0 saturated carbocycles. The summed E-state index contributed by atoms with van der Waals surface area (Å²) in [5.74, 6) is -1.00. The second-order valence-corrected chi connectivity index (χ2v) is 9.41. The molecule has 1 aliphatic rings. The van der Waals surface area contributed by atoms with Crippen molar-refractivity contribution in [2.45, 2.75) is 33.1 Å². The van der Waals surface area contributed by atoms with Crippen molar-refractivity contribution in [3.63, 3.8) is 0 Å². The van der Waals surface area contributed by atoms with Crippen molar-refractivity contribution in [1.29, 1.82) is 0 Å². The summed E-state index contributed by atoms with van der Waals surface area (Å²) >= 11 is 0. The van der Waals surface area contributed by atoms with Gasteiger partial charge in [-0.25, -0.2) is 8.42 Å². The van der Waals surface area contributed by atoms with Gasteiger partial charge in [-0.15, -0.1) is 0 Å². The van der Waals surface area contributed by atoms with E-state index in [1.807, 2.05) is 0 Å². The minimum atomic E-state index is -3.46. The second-order valence-electron chi connectivity index (χ2n) is 7.57. The molecule has 1 saturated heterocycles. The monoisotopic (exact) mass is 453 g/mol. The zero-order chi connectivity index (χ0) is 23.0. The smallest absolute Gasteiger partial charge is 0.309 e. The van der Waals surface area contributed by atoms with Gasteiger partial charge in [0.15, 0.2) is 0 Å². The zero-order valence-corrected chi connectivity index (χ0v) is 19.1. The van der Waals surface area contributed by atoms with E-state index in [0.717, 1.165) is 0 Å². The van der Waals surface area contributed by atoms with Gasteiger partial charge in [0, 0.05) is 31.4 Å². The van der Waals surface area contributed by atoms with Crippen LogP contribution in [-0.4, -0.2) is 75.0 Å². The van der Waals surface area contributed by atoms with E-state index in [0.29, 0.717) is 44.6 Å². The molecule has 1 aromatic rings. The number of hydrogen-bond donors (Lipinski definition) is 1. The minimum Gasteiger partial charge on any atom is -0.466 e. The molecule has 172 valence electrons. The average molecular weight is 454 g/mol. The van der Waals surface area contributed by atoms with Crippen molar-refractivity contribution < 1.29 is 27.5 Å². The molecule has 1 heterocycles. The van der Waals surface area contributed by atoms with E-state index in [2.05, 4.69) is 4.72 Å². The third-order valence-corrected chi connectivity index (χ3v) is 6.53. The summed E-state index contributed by atoms with van der Waals surface area (Å²) in [5.41, 5.74) is 0.591. The van der Waals surface area contributed by atoms with Crippen LogP contribution in [0.4, 0.5) is 5.69 Å². The molecule has 2 amide bonds. The Morgan fingerprint density at radius 1 is 1.19 bits per heavy atom. The summed E-state index contributed by atoms with van der Waals surface area (Å²) in [7, 11) is -1.94. The number of nitrogens with zero attached hydrogens (tertiary/aromatic N) is 2. The van der Waals surface area contributed by atoms with E-state index in [1.165, 1.54) is 18.0 Å². The molecule has 0 spiro atoms. The number of benzene rings is 1. The summed E-state index contributed by atoms with van der Waals surface area (Å²) in [6.45, 7) is 4.66. The number of piperidine rings is 1. The topological polar surface area (TPSA) is 113 Å². The fourth-order valence-electron chi connectivity index (χ4n) is 3.43. The molecule has 0 unspecified atom stereocenters. The van der Waals surface area contributed by atoms with Gasteiger partial charge in [0.1, 0.15) is 0 Å². The molecule has 0 aromatic heterocycles. The molecule has 10 heteroatoms. The van der Waals surface area contributed by atoms with Gasteiger partial charge < -0.3 is 14.5 Å². The van der Waals surface area contributed by atoms with Crippen LogP contribution in [0.25, 0.3) is 0 Å². The van der Waals surface area contributed by atoms with E-state index in [-0.39, 0.29) is 41.6 Å². The molecule has 0 radical (unpaired) electrons. The molecule has 1 N–H and O–H groups in total. The van der Waals surface area contributed by atoms with Crippen LogP contribution >= 0.6 is 0 Å². The third kappa shape index (κ3) is 7.23. The van der Waals surface area contributed by atoms with Crippen LogP contribution in [0.15, 0.2) is 24.3 Å². The number of carbonyl (C=O) groups excluding carboxylic acids is 3. The van der Waals surface area contributed by atoms with Crippen LogP contribution < -0.4 is 4.72 Å². The number of hydrogen-bond acceptors (Lipinski definition) is 6. The highest BCUT2D eigenvalue weighted by atomic mass is 32.2. The van der Waals surface area contributed by atoms with Crippen LogP contribution in [0.2, 0.25) is 0 Å². The lowest BCUT2D eigenvalue weighted by Crippen LogP contribution is -2.45. The van der Waals surface area contributed by atoms with Gasteiger partial charge in [-0.1, -0.05) is 13.0 Å². The highest BCUT2D eigenvalue weighted by molar-refractivity contribution is 7.92. The maximum atomic E-state index is 12.7. The van der Waals surface area contributed by atoms with Gasteiger partial charge in [-0.05, 0) is 44.4 Å². The number of nitrogens with one attached hydrogen (secondary N) is 1. The van der Waals surface area contributed by atoms with Crippen molar-refractivity contribution in [3.05, 3.63) is 29.8 Å². The SMILES string of the molecule is CCCS(=O)(=O)Nc1cccc(C(=O)N(C)CC(=O)N2CCC(C(=O)OCC)CC2)c1. The predicted molar refractivity (Wildman–Crippen MR) is 117 cm³/mol. The first-order valence-corrected chi connectivity index (χ1v) is 12.1. The van der Waals surface area contributed by atoms with Gasteiger partial charge in [-0.2, -0.15) is 0 Å². The van der Waals surface area contributed by atoms with E-state index in [1.54, 1.807) is 36.9 Å². The fraction of sp³-hybridized carbons (Fsp3) is 0.571. The lowest BCUT2D eigenvalue weighted by atomic mass is 9.97. The average Bonchev–Trinajstić information content (AvgIpc) is 2.73. The first kappa shape index (κ1) is 24.6. The highest BCUT2D eigenvalue weighted by Crippen LogP contribution is 2.19. The quantitative estimate of drug-likeness (QED) is 0.570. The Morgan fingerprint density at radius 2 is 1.87 bits per heavy atom. The Morgan fingerprint density at radius 3 is 2.48 bits per heavy atom. The number of likely N-dealkylation sites (tertiary alicyclic amines) is 1. The maximum Gasteiger partial charge on any atom is 0.309 e. The molecule has 0 bridgehead atoms. The van der Waals surface area contributed by atoms with E-state index >= 15 is 0 Å². The Balaban J connectivity index is 1.93. The van der Waals surface area contributed by atoms with Crippen LogP contribution in [-0.2, 0) is 24.3 Å². The normalized spacial score (nSPS) is 14.7. The number of anilines is 1. The van der Waals surface area contributed by atoms with Crippen molar-refractivity contribution in [2.75, 3.05) is 43.8 Å². The summed E-state index contributed by atoms with van der Waals surface area (Å²) in [6.07, 6.45) is 1.57. The van der Waals surface area contributed by atoms with E-state index in [4.69, 9.17) is 4.74 Å². The van der Waals surface area contributed by atoms with Gasteiger partial charge in [0.2, 0.25) is 15.9 Å². The second kappa shape index (κ2) is 11.1. The van der Waals surface area contributed by atoms with Gasteiger partial charge in [0.25, 0.3) is 5.91 Å². The van der Waals surface area contributed by atoms with Crippen molar-refractivity contribution >= 4 is 33.5 Å². The number of ether oxygens (including phenoxy) is 1. The summed E-state index contributed by atoms with van der Waals surface area (Å²) in [4.78, 5) is 40.1. The molecule has 0 atom stereocenters. The highest BCUT2D eigenvalue weighted by Gasteiger charge is 2.29. The molecule has 1 aromatic carbocycles. The van der Waals surface area contributed by atoms with Crippen molar-refractivity contribution in [3.8, 4) is 0 Å². The van der Waals surface area contributed by atoms with Crippen molar-refractivity contribution in [1.82, 2.24) is 9.80 Å². The molecule has 1 aliphatic heterocycles. The predicted octanol–water partition coefficient (Wildman–Crippen LogP) is 1.71. The molecule has 9 nitrogen and oxygen atoms in total. The molecule has 0 aliphatic carbocycles. The van der Waals surface area contributed by atoms with Crippen LogP contribution in [0, 0.1) is 5.92 Å². The van der Waals surface area contributed by atoms with E-state index in [9.17, 15) is 22.8 Å². The summed E-state index contributed by atoms with van der Waals surface area (Å²) < 4.78 is 31.4. The fourth-order valence-corrected chi connectivity index (χ4v) is 4.56. The number of likely N-dealkylation sites (N-methyl/N-ethyl adjacent to an activating group) is 1. The molecule has 2 rings (SSSR count). The zero-order valence-electron chi connectivity index (χ0n) is 18.3. The number of sulfonamides is 1. The standard InChI is InChI=1S/C21H31N3O6S/c1-4-13-31(28,29)22-18-8-6-7-17(14-18)20(26)23(3)15-19(25)24-11-9-16(10-12-24)21(27)30-5-2/h6-8,14,16,22H,4-5,9-13,15H2,1-3H3. The minimum absolute atomic E-state index is 0.00750. The Bertz CT molecular complexity index is 894. The number of amides is 2.